The third kappa shape index (κ3) is 3.49. The van der Waals surface area contributed by atoms with Gasteiger partial charge in [0.1, 0.15) is 0 Å². The van der Waals surface area contributed by atoms with Gasteiger partial charge in [-0.25, -0.2) is 0 Å². The molecule has 1 aliphatic rings. The van der Waals surface area contributed by atoms with E-state index in [1.54, 1.807) is 0 Å². The molecule has 3 heteroatoms. The lowest BCUT2D eigenvalue weighted by molar-refractivity contribution is -0.146. The molecule has 1 fully saturated rings. The van der Waals surface area contributed by atoms with Gasteiger partial charge in [0.15, 0.2) is 0 Å². The maximum atomic E-state index is 11.0. The van der Waals surface area contributed by atoms with Crippen molar-refractivity contribution in [1.29, 1.82) is 0 Å². The molecule has 0 aromatic heterocycles. The van der Waals surface area contributed by atoms with Crippen LogP contribution in [0, 0.1) is 11.8 Å². The highest BCUT2D eigenvalue weighted by Gasteiger charge is 2.39. The summed E-state index contributed by atoms with van der Waals surface area (Å²) in [6.45, 7) is 2.17. The van der Waals surface area contributed by atoms with E-state index >= 15 is 0 Å². The number of hydrogen-bond acceptors (Lipinski definition) is 2. The minimum absolute atomic E-state index is 0.203. The zero-order valence-electron chi connectivity index (χ0n) is 9.48. The summed E-state index contributed by atoms with van der Waals surface area (Å²) < 4.78 is 0. The predicted octanol–water partition coefficient (Wildman–Crippen LogP) is 2.43. The molecule has 1 rings (SSSR count). The summed E-state index contributed by atoms with van der Waals surface area (Å²) in [5, 5.41) is 18.5. The van der Waals surface area contributed by atoms with Crippen LogP contribution in [0.5, 0.6) is 0 Å². The molecule has 0 spiro atoms. The van der Waals surface area contributed by atoms with Gasteiger partial charge < -0.3 is 10.2 Å². The molecule has 1 aliphatic carbocycles. The van der Waals surface area contributed by atoms with Crippen molar-refractivity contribution in [1.82, 2.24) is 0 Å². The highest BCUT2D eigenvalue weighted by molar-refractivity contribution is 5.71. The molecule has 0 saturated heterocycles. The maximum absolute atomic E-state index is 11.0. The Morgan fingerprint density at radius 1 is 1.27 bits per heavy atom. The van der Waals surface area contributed by atoms with Crippen molar-refractivity contribution in [2.45, 2.75) is 58.0 Å². The summed E-state index contributed by atoms with van der Waals surface area (Å²) in [5.74, 6) is -1.12. The Morgan fingerprint density at radius 3 is 2.60 bits per heavy atom. The summed E-state index contributed by atoms with van der Waals surface area (Å²) in [4.78, 5) is 11.0. The number of aliphatic carboxylic acids is 1. The third-order valence-electron chi connectivity index (χ3n) is 3.47. The van der Waals surface area contributed by atoms with E-state index in [0.29, 0.717) is 6.42 Å². The van der Waals surface area contributed by atoms with Crippen molar-refractivity contribution in [2.24, 2.45) is 11.8 Å². The van der Waals surface area contributed by atoms with Crippen molar-refractivity contribution >= 4 is 5.97 Å². The third-order valence-corrected chi connectivity index (χ3v) is 3.47. The van der Waals surface area contributed by atoms with E-state index in [1.807, 2.05) is 0 Å². The quantitative estimate of drug-likeness (QED) is 0.668. The summed E-state index contributed by atoms with van der Waals surface area (Å²) in [7, 11) is 0. The van der Waals surface area contributed by atoms with Gasteiger partial charge in [0.25, 0.3) is 0 Å². The van der Waals surface area contributed by atoms with E-state index in [0.717, 1.165) is 19.3 Å². The molecule has 0 bridgehead atoms. The highest BCUT2D eigenvalue weighted by atomic mass is 16.4. The Labute approximate surface area is 91.5 Å². The first-order chi connectivity index (χ1) is 7.16. The fraction of sp³-hybridized carbons (Fsp3) is 0.917. The zero-order valence-corrected chi connectivity index (χ0v) is 9.48. The minimum atomic E-state index is -0.819. The second kappa shape index (κ2) is 6.11. The topological polar surface area (TPSA) is 57.5 Å². The van der Waals surface area contributed by atoms with Crippen LogP contribution in [0.1, 0.15) is 51.9 Å². The van der Waals surface area contributed by atoms with Crippen LogP contribution in [-0.2, 0) is 4.79 Å². The van der Waals surface area contributed by atoms with Crippen LogP contribution in [0.2, 0.25) is 0 Å². The second-order valence-corrected chi connectivity index (χ2v) is 4.62. The van der Waals surface area contributed by atoms with Crippen LogP contribution in [-0.4, -0.2) is 22.3 Å². The average Bonchev–Trinajstić information content (AvgIpc) is 2.54. The predicted molar refractivity (Wildman–Crippen MR) is 58.6 cm³/mol. The van der Waals surface area contributed by atoms with E-state index in [9.17, 15) is 9.90 Å². The highest BCUT2D eigenvalue weighted by Crippen LogP contribution is 2.35. The molecule has 0 aromatic carbocycles. The van der Waals surface area contributed by atoms with Crippen molar-refractivity contribution in [3.63, 3.8) is 0 Å². The normalized spacial score (nSPS) is 30.7. The molecule has 0 radical (unpaired) electrons. The molecule has 1 saturated carbocycles. The number of hydrogen-bond donors (Lipinski definition) is 2. The van der Waals surface area contributed by atoms with Gasteiger partial charge in [-0.2, -0.15) is 0 Å². The lowest BCUT2D eigenvalue weighted by atomic mass is 9.90. The van der Waals surface area contributed by atoms with Crippen LogP contribution in [0.3, 0.4) is 0 Å². The van der Waals surface area contributed by atoms with Crippen LogP contribution in [0.4, 0.5) is 0 Å². The molecule has 0 amide bonds. The van der Waals surface area contributed by atoms with Crippen LogP contribution in [0.25, 0.3) is 0 Å². The van der Waals surface area contributed by atoms with E-state index < -0.39 is 18.0 Å². The number of aliphatic hydroxyl groups is 1. The Balaban J connectivity index is 2.31. The summed E-state index contributed by atoms with van der Waals surface area (Å²) >= 11 is 0. The number of carboxylic acids is 1. The van der Waals surface area contributed by atoms with Crippen molar-refractivity contribution in [2.75, 3.05) is 0 Å². The molecular weight excluding hydrogens is 192 g/mol. The van der Waals surface area contributed by atoms with Crippen molar-refractivity contribution in [3.8, 4) is 0 Å². The van der Waals surface area contributed by atoms with Crippen LogP contribution < -0.4 is 0 Å². The summed E-state index contributed by atoms with van der Waals surface area (Å²) in [6, 6.07) is 0. The molecule has 15 heavy (non-hydrogen) atoms. The van der Waals surface area contributed by atoms with Crippen LogP contribution in [0.15, 0.2) is 0 Å². The first-order valence-corrected chi connectivity index (χ1v) is 6.07. The van der Waals surface area contributed by atoms with E-state index in [1.165, 1.54) is 19.3 Å². The first-order valence-electron chi connectivity index (χ1n) is 6.07. The number of carbonyl (C=O) groups is 1. The molecule has 3 unspecified atom stereocenters. The smallest absolute Gasteiger partial charge is 0.309 e. The Bertz CT molecular complexity index is 203. The Kier molecular flexibility index (Phi) is 5.09. The monoisotopic (exact) mass is 214 g/mol. The van der Waals surface area contributed by atoms with Gasteiger partial charge >= 0.3 is 5.97 Å². The Morgan fingerprint density at radius 2 is 2.00 bits per heavy atom. The van der Waals surface area contributed by atoms with Gasteiger partial charge in [0.05, 0.1) is 12.0 Å². The maximum Gasteiger partial charge on any atom is 0.309 e. The second-order valence-electron chi connectivity index (χ2n) is 4.62. The van der Waals surface area contributed by atoms with Gasteiger partial charge in [0, 0.05) is 0 Å². The number of unbranched alkanes of at least 4 members (excludes halogenated alkanes) is 3. The van der Waals surface area contributed by atoms with E-state index in [4.69, 9.17) is 5.11 Å². The fourth-order valence-corrected chi connectivity index (χ4v) is 2.58. The minimum Gasteiger partial charge on any atom is -0.481 e. The number of carboxylic acid groups (broad SMARTS) is 1. The van der Waals surface area contributed by atoms with Gasteiger partial charge in [0.2, 0.25) is 0 Å². The molecule has 0 heterocycles. The van der Waals surface area contributed by atoms with Gasteiger partial charge in [-0.05, 0) is 25.2 Å². The molecule has 0 aliphatic heterocycles. The zero-order chi connectivity index (χ0) is 11.3. The summed E-state index contributed by atoms with van der Waals surface area (Å²) in [6.07, 6.45) is 6.62. The SMILES string of the molecule is CCCCCCC1CCC(O)C1C(=O)O. The molecule has 2 N–H and O–H groups in total. The average molecular weight is 214 g/mol. The fourth-order valence-electron chi connectivity index (χ4n) is 2.58. The van der Waals surface area contributed by atoms with Crippen molar-refractivity contribution < 1.29 is 15.0 Å². The standard InChI is InChI=1S/C12H22O3/c1-2-3-4-5-6-9-7-8-10(13)11(9)12(14)15/h9-11,13H,2-8H2,1H3,(H,14,15). The van der Waals surface area contributed by atoms with Gasteiger partial charge in [-0.3, -0.25) is 4.79 Å². The van der Waals surface area contributed by atoms with Gasteiger partial charge in [-0.15, -0.1) is 0 Å². The molecule has 88 valence electrons. The number of rotatable bonds is 6. The molecular formula is C12H22O3. The van der Waals surface area contributed by atoms with E-state index in [-0.39, 0.29) is 5.92 Å². The molecule has 3 atom stereocenters. The largest absolute Gasteiger partial charge is 0.481 e. The lowest BCUT2D eigenvalue weighted by Crippen LogP contribution is -2.27. The number of aliphatic hydroxyl groups excluding tert-OH is 1. The molecule has 3 nitrogen and oxygen atoms in total. The Hall–Kier alpha value is -0.570. The van der Waals surface area contributed by atoms with Crippen LogP contribution >= 0.6 is 0 Å². The van der Waals surface area contributed by atoms with Crippen molar-refractivity contribution in [3.05, 3.63) is 0 Å². The summed E-state index contributed by atoms with van der Waals surface area (Å²) in [5.41, 5.74) is 0. The van der Waals surface area contributed by atoms with E-state index in [2.05, 4.69) is 6.92 Å². The van der Waals surface area contributed by atoms with Gasteiger partial charge in [-0.1, -0.05) is 32.6 Å². The molecule has 0 aromatic rings. The first kappa shape index (κ1) is 12.5. The lowest BCUT2D eigenvalue weighted by Gasteiger charge is -2.17.